The molecule has 0 unspecified atom stereocenters. The van der Waals surface area contributed by atoms with Gasteiger partial charge in [-0.3, -0.25) is 4.79 Å². The van der Waals surface area contributed by atoms with Crippen LogP contribution in [0.3, 0.4) is 0 Å². The standard InChI is InChI=1S/C12H7F3N2O/c13-8-3-1-7(2-4-8)12(18)16-9-5-6-10(14)17-11(9)15/h1-6H,(H,16,18). The van der Waals surface area contributed by atoms with E-state index in [1.807, 2.05) is 0 Å². The summed E-state index contributed by atoms with van der Waals surface area (Å²) >= 11 is 0. The zero-order valence-electron chi connectivity index (χ0n) is 8.95. The minimum Gasteiger partial charge on any atom is -0.318 e. The quantitative estimate of drug-likeness (QED) is 0.835. The molecule has 0 saturated heterocycles. The predicted octanol–water partition coefficient (Wildman–Crippen LogP) is 2.75. The van der Waals surface area contributed by atoms with Crippen LogP contribution >= 0.6 is 0 Å². The number of pyridine rings is 1. The van der Waals surface area contributed by atoms with Crippen molar-refractivity contribution in [3.63, 3.8) is 0 Å². The number of hydrogen-bond donors (Lipinski definition) is 1. The third-order valence-electron chi connectivity index (χ3n) is 2.17. The van der Waals surface area contributed by atoms with E-state index >= 15 is 0 Å². The zero-order valence-corrected chi connectivity index (χ0v) is 8.95. The normalized spacial score (nSPS) is 10.2. The Morgan fingerprint density at radius 1 is 1.00 bits per heavy atom. The Bertz CT molecular complexity index is 584. The molecule has 1 N–H and O–H groups in total. The van der Waals surface area contributed by atoms with Crippen molar-refractivity contribution in [3.05, 3.63) is 59.7 Å². The van der Waals surface area contributed by atoms with Crippen molar-refractivity contribution in [2.45, 2.75) is 0 Å². The molecule has 92 valence electrons. The smallest absolute Gasteiger partial charge is 0.255 e. The highest BCUT2D eigenvalue weighted by atomic mass is 19.1. The fourth-order valence-electron chi connectivity index (χ4n) is 1.30. The molecule has 0 spiro atoms. The van der Waals surface area contributed by atoms with Gasteiger partial charge < -0.3 is 5.32 Å². The van der Waals surface area contributed by atoms with E-state index in [9.17, 15) is 18.0 Å². The summed E-state index contributed by atoms with van der Waals surface area (Å²) in [6.45, 7) is 0. The Kier molecular flexibility index (Phi) is 3.27. The number of hydrogen-bond acceptors (Lipinski definition) is 2. The van der Waals surface area contributed by atoms with Crippen LogP contribution in [0.4, 0.5) is 18.9 Å². The van der Waals surface area contributed by atoms with Gasteiger partial charge in [0.05, 0.1) is 5.69 Å². The number of carbonyl (C=O) groups excluding carboxylic acids is 1. The van der Waals surface area contributed by atoms with Crippen LogP contribution in [0.1, 0.15) is 10.4 Å². The van der Waals surface area contributed by atoms with Crippen LogP contribution in [0.5, 0.6) is 0 Å². The monoisotopic (exact) mass is 252 g/mol. The Morgan fingerprint density at radius 3 is 2.28 bits per heavy atom. The van der Waals surface area contributed by atoms with Crippen LogP contribution in [-0.2, 0) is 0 Å². The number of carbonyl (C=O) groups is 1. The van der Waals surface area contributed by atoms with Crippen molar-refractivity contribution in [2.24, 2.45) is 0 Å². The van der Waals surface area contributed by atoms with Gasteiger partial charge in [0.1, 0.15) is 5.82 Å². The molecule has 6 heteroatoms. The third kappa shape index (κ3) is 2.65. The van der Waals surface area contributed by atoms with E-state index in [-0.39, 0.29) is 11.3 Å². The van der Waals surface area contributed by atoms with Gasteiger partial charge in [-0.2, -0.15) is 13.8 Å². The largest absolute Gasteiger partial charge is 0.318 e. The first-order valence-electron chi connectivity index (χ1n) is 4.95. The Hall–Kier alpha value is -2.37. The third-order valence-corrected chi connectivity index (χ3v) is 2.17. The minimum absolute atomic E-state index is 0.153. The lowest BCUT2D eigenvalue weighted by Gasteiger charge is -2.05. The van der Waals surface area contributed by atoms with Crippen molar-refractivity contribution in [1.29, 1.82) is 0 Å². The molecular weight excluding hydrogens is 245 g/mol. The Morgan fingerprint density at radius 2 is 1.67 bits per heavy atom. The minimum atomic E-state index is -1.12. The highest BCUT2D eigenvalue weighted by Crippen LogP contribution is 2.13. The van der Waals surface area contributed by atoms with E-state index in [4.69, 9.17) is 0 Å². The van der Waals surface area contributed by atoms with Crippen molar-refractivity contribution in [1.82, 2.24) is 4.98 Å². The van der Waals surface area contributed by atoms with Crippen LogP contribution in [-0.4, -0.2) is 10.9 Å². The summed E-state index contributed by atoms with van der Waals surface area (Å²) in [5, 5.41) is 2.21. The van der Waals surface area contributed by atoms with Crippen LogP contribution in [0.2, 0.25) is 0 Å². The van der Waals surface area contributed by atoms with E-state index < -0.39 is 23.6 Å². The van der Waals surface area contributed by atoms with Crippen molar-refractivity contribution >= 4 is 11.6 Å². The molecule has 0 radical (unpaired) electrons. The number of nitrogens with zero attached hydrogens (tertiary/aromatic N) is 1. The van der Waals surface area contributed by atoms with Crippen molar-refractivity contribution in [3.8, 4) is 0 Å². The topological polar surface area (TPSA) is 42.0 Å². The highest BCUT2D eigenvalue weighted by molar-refractivity contribution is 6.04. The summed E-state index contributed by atoms with van der Waals surface area (Å²) in [7, 11) is 0. The fraction of sp³-hybridized carbons (Fsp3) is 0. The van der Waals surface area contributed by atoms with Gasteiger partial charge in [-0.25, -0.2) is 4.39 Å². The van der Waals surface area contributed by atoms with Crippen molar-refractivity contribution in [2.75, 3.05) is 5.32 Å². The van der Waals surface area contributed by atoms with Gasteiger partial charge >= 0.3 is 0 Å². The van der Waals surface area contributed by atoms with Gasteiger partial charge in [0.15, 0.2) is 0 Å². The number of nitrogens with one attached hydrogen (secondary N) is 1. The maximum Gasteiger partial charge on any atom is 0.255 e. The first kappa shape index (κ1) is 12.1. The first-order chi connectivity index (χ1) is 8.56. The summed E-state index contributed by atoms with van der Waals surface area (Å²) in [4.78, 5) is 14.6. The SMILES string of the molecule is O=C(Nc1ccc(F)nc1F)c1ccc(F)cc1. The second kappa shape index (κ2) is 4.87. The van der Waals surface area contributed by atoms with Crippen molar-refractivity contribution < 1.29 is 18.0 Å². The maximum absolute atomic E-state index is 13.2. The van der Waals surface area contributed by atoms with Crippen LogP contribution in [0.25, 0.3) is 0 Å². The van der Waals surface area contributed by atoms with E-state index in [0.29, 0.717) is 0 Å². The number of halogens is 3. The maximum atomic E-state index is 13.2. The fourth-order valence-corrected chi connectivity index (χ4v) is 1.30. The molecule has 0 bridgehead atoms. The molecule has 0 aliphatic heterocycles. The van der Waals surface area contributed by atoms with E-state index in [1.165, 1.54) is 12.1 Å². The van der Waals surface area contributed by atoms with E-state index in [2.05, 4.69) is 10.3 Å². The molecule has 0 saturated carbocycles. The average molecular weight is 252 g/mol. The number of aromatic nitrogens is 1. The van der Waals surface area contributed by atoms with E-state index in [1.54, 1.807) is 0 Å². The van der Waals surface area contributed by atoms with Crippen LogP contribution < -0.4 is 5.32 Å². The number of anilines is 1. The second-order valence-electron chi connectivity index (χ2n) is 3.43. The van der Waals surface area contributed by atoms with Crippen LogP contribution in [0, 0.1) is 17.7 Å². The Balaban J connectivity index is 2.18. The molecule has 2 rings (SSSR count). The molecular formula is C12H7F3N2O. The van der Waals surface area contributed by atoms with Gasteiger partial charge in [0.25, 0.3) is 5.91 Å². The molecule has 0 aliphatic rings. The lowest BCUT2D eigenvalue weighted by atomic mass is 10.2. The number of benzene rings is 1. The predicted molar refractivity (Wildman–Crippen MR) is 58.5 cm³/mol. The molecule has 18 heavy (non-hydrogen) atoms. The highest BCUT2D eigenvalue weighted by Gasteiger charge is 2.10. The molecule has 2 aromatic rings. The van der Waals surface area contributed by atoms with E-state index in [0.717, 1.165) is 24.3 Å². The lowest BCUT2D eigenvalue weighted by molar-refractivity contribution is 0.102. The van der Waals surface area contributed by atoms with Gasteiger partial charge in [0, 0.05) is 5.56 Å². The molecule has 0 fully saturated rings. The molecule has 1 aromatic heterocycles. The molecule has 1 amide bonds. The summed E-state index contributed by atoms with van der Waals surface area (Å²) in [5.41, 5.74) is -0.0918. The first-order valence-corrected chi connectivity index (χ1v) is 4.95. The second-order valence-corrected chi connectivity index (χ2v) is 3.43. The molecule has 0 aliphatic carbocycles. The summed E-state index contributed by atoms with van der Waals surface area (Å²) in [5.74, 6) is -3.22. The zero-order chi connectivity index (χ0) is 13.1. The molecule has 0 atom stereocenters. The van der Waals surface area contributed by atoms with Gasteiger partial charge in [-0.15, -0.1) is 0 Å². The molecule has 3 nitrogen and oxygen atoms in total. The number of rotatable bonds is 2. The summed E-state index contributed by atoms with van der Waals surface area (Å²) in [6.07, 6.45) is 0. The van der Waals surface area contributed by atoms with Gasteiger partial charge in [-0.05, 0) is 36.4 Å². The Labute approximate surface area is 100 Å². The van der Waals surface area contributed by atoms with Gasteiger partial charge in [0.2, 0.25) is 11.9 Å². The van der Waals surface area contributed by atoms with Crippen LogP contribution in [0.15, 0.2) is 36.4 Å². The molecule has 1 heterocycles. The van der Waals surface area contributed by atoms with Gasteiger partial charge in [-0.1, -0.05) is 0 Å². The molecule has 1 aromatic carbocycles. The average Bonchev–Trinajstić information content (AvgIpc) is 2.33. The lowest BCUT2D eigenvalue weighted by Crippen LogP contribution is -2.13. The summed E-state index contributed by atoms with van der Waals surface area (Å²) < 4.78 is 38.4. The number of amides is 1. The summed E-state index contributed by atoms with van der Waals surface area (Å²) in [6, 6.07) is 6.68.